The van der Waals surface area contributed by atoms with Crippen LogP contribution in [-0.4, -0.2) is 40.3 Å². The monoisotopic (exact) mass is 291 g/mol. The van der Waals surface area contributed by atoms with E-state index in [1.54, 1.807) is 20.8 Å². The third kappa shape index (κ3) is 2.58. The van der Waals surface area contributed by atoms with Gasteiger partial charge < -0.3 is 10.2 Å². The predicted molar refractivity (Wildman–Crippen MR) is 76.0 cm³/mol. The van der Waals surface area contributed by atoms with Gasteiger partial charge in [0.05, 0.1) is 4.92 Å². The third-order valence-electron chi connectivity index (χ3n) is 3.75. The molecule has 21 heavy (non-hydrogen) atoms. The van der Waals surface area contributed by atoms with Crippen molar-refractivity contribution in [3.8, 4) is 0 Å². The number of aryl methyl sites for hydroxylation is 1. The number of hydrogen-bond donors (Lipinski definition) is 1. The van der Waals surface area contributed by atoms with E-state index in [-0.39, 0.29) is 17.5 Å². The molecule has 2 rings (SSSR count). The van der Waals surface area contributed by atoms with Crippen molar-refractivity contribution in [2.75, 3.05) is 13.1 Å². The Kier molecular flexibility index (Phi) is 3.67. The molecule has 0 spiro atoms. The topological polar surface area (TPSA) is 92.6 Å². The second-order valence-electron chi connectivity index (χ2n) is 5.53. The highest BCUT2D eigenvalue weighted by Gasteiger charge is 2.41. The van der Waals surface area contributed by atoms with Crippen LogP contribution < -0.4 is 5.32 Å². The van der Waals surface area contributed by atoms with E-state index in [9.17, 15) is 19.7 Å². The van der Waals surface area contributed by atoms with Crippen LogP contribution in [0.1, 0.15) is 29.8 Å². The Morgan fingerprint density at radius 2 is 2.10 bits per heavy atom. The Balaban J connectivity index is 2.36. The molecule has 7 nitrogen and oxygen atoms in total. The van der Waals surface area contributed by atoms with Crippen molar-refractivity contribution in [2.24, 2.45) is 0 Å². The van der Waals surface area contributed by atoms with E-state index in [4.69, 9.17) is 0 Å². The fourth-order valence-electron chi connectivity index (χ4n) is 2.40. The van der Waals surface area contributed by atoms with Crippen molar-refractivity contribution in [1.82, 2.24) is 10.2 Å². The van der Waals surface area contributed by atoms with E-state index in [1.165, 1.54) is 23.1 Å². The molecule has 1 aromatic rings. The molecule has 0 saturated carbocycles. The van der Waals surface area contributed by atoms with Crippen LogP contribution in [0.15, 0.2) is 18.2 Å². The van der Waals surface area contributed by atoms with Crippen LogP contribution in [0.3, 0.4) is 0 Å². The highest BCUT2D eigenvalue weighted by atomic mass is 16.6. The van der Waals surface area contributed by atoms with Crippen LogP contribution >= 0.6 is 0 Å². The molecule has 7 heteroatoms. The van der Waals surface area contributed by atoms with Crippen LogP contribution in [0, 0.1) is 17.0 Å². The number of nitrogens with zero attached hydrogens (tertiary/aromatic N) is 2. The molecule has 0 unspecified atom stereocenters. The molecule has 1 N–H and O–H groups in total. The molecule has 1 heterocycles. The molecule has 0 radical (unpaired) electrons. The summed E-state index contributed by atoms with van der Waals surface area (Å²) < 4.78 is 0. The Morgan fingerprint density at radius 3 is 2.67 bits per heavy atom. The molecule has 2 amide bonds. The number of rotatable bonds is 2. The summed E-state index contributed by atoms with van der Waals surface area (Å²) in [6.07, 6.45) is 0. The first-order valence-corrected chi connectivity index (χ1v) is 6.60. The lowest BCUT2D eigenvalue weighted by Gasteiger charge is -2.41. The van der Waals surface area contributed by atoms with E-state index in [0.29, 0.717) is 24.2 Å². The Bertz CT molecular complexity index is 625. The molecule has 1 aromatic carbocycles. The van der Waals surface area contributed by atoms with Crippen molar-refractivity contribution in [3.05, 3.63) is 39.4 Å². The molecular formula is C14H17N3O4. The molecule has 0 aromatic heterocycles. The summed E-state index contributed by atoms with van der Waals surface area (Å²) >= 11 is 0. The Labute approximate surface area is 122 Å². The van der Waals surface area contributed by atoms with Gasteiger partial charge in [0, 0.05) is 30.8 Å². The van der Waals surface area contributed by atoms with Crippen LogP contribution in [0.4, 0.5) is 5.69 Å². The number of hydrogen-bond acceptors (Lipinski definition) is 4. The number of nitrogens with one attached hydrogen (secondary N) is 1. The summed E-state index contributed by atoms with van der Waals surface area (Å²) in [5.41, 5.74) is -0.0946. The first-order chi connectivity index (χ1) is 9.75. The van der Waals surface area contributed by atoms with Gasteiger partial charge in [0.15, 0.2) is 0 Å². The molecule has 0 bridgehead atoms. The van der Waals surface area contributed by atoms with Crippen molar-refractivity contribution in [3.63, 3.8) is 0 Å². The Hall–Kier alpha value is -2.44. The smallest absolute Gasteiger partial charge is 0.269 e. The van der Waals surface area contributed by atoms with Gasteiger partial charge in [-0.2, -0.15) is 0 Å². The lowest BCUT2D eigenvalue weighted by atomic mass is 9.96. The number of nitro benzene ring substituents is 1. The summed E-state index contributed by atoms with van der Waals surface area (Å²) in [6.45, 7) is 5.82. The number of nitro groups is 1. The highest BCUT2D eigenvalue weighted by Crippen LogP contribution is 2.24. The minimum absolute atomic E-state index is 0.0558. The standard InChI is InChI=1S/C14H17N3O4/c1-9-8-10(17(20)21)4-5-11(9)12(18)16-7-6-15-13(19)14(16,2)3/h4-5,8H,6-7H2,1-3H3,(H,15,19). The van der Waals surface area contributed by atoms with Gasteiger partial charge in [-0.3, -0.25) is 19.7 Å². The average molecular weight is 291 g/mol. The molecule has 1 aliphatic rings. The fraction of sp³-hybridized carbons (Fsp3) is 0.429. The largest absolute Gasteiger partial charge is 0.352 e. The van der Waals surface area contributed by atoms with E-state index in [1.807, 2.05) is 0 Å². The van der Waals surface area contributed by atoms with Crippen LogP contribution in [-0.2, 0) is 4.79 Å². The first kappa shape index (κ1) is 15.0. The quantitative estimate of drug-likeness (QED) is 0.655. The van der Waals surface area contributed by atoms with Gasteiger partial charge in [-0.1, -0.05) is 0 Å². The van der Waals surface area contributed by atoms with Gasteiger partial charge in [0.25, 0.3) is 11.6 Å². The maximum atomic E-state index is 12.6. The number of carbonyl (C=O) groups is 2. The minimum Gasteiger partial charge on any atom is -0.352 e. The first-order valence-electron chi connectivity index (χ1n) is 6.60. The van der Waals surface area contributed by atoms with Crippen molar-refractivity contribution < 1.29 is 14.5 Å². The van der Waals surface area contributed by atoms with E-state index < -0.39 is 10.5 Å². The van der Waals surface area contributed by atoms with Crippen molar-refractivity contribution >= 4 is 17.5 Å². The van der Waals surface area contributed by atoms with Gasteiger partial charge >= 0.3 is 0 Å². The zero-order valence-corrected chi connectivity index (χ0v) is 12.2. The van der Waals surface area contributed by atoms with Crippen LogP contribution in [0.25, 0.3) is 0 Å². The van der Waals surface area contributed by atoms with Gasteiger partial charge in [0.2, 0.25) is 5.91 Å². The average Bonchev–Trinajstić information content (AvgIpc) is 2.41. The molecule has 0 atom stereocenters. The van der Waals surface area contributed by atoms with Crippen molar-refractivity contribution in [2.45, 2.75) is 26.3 Å². The lowest BCUT2D eigenvalue weighted by molar-refractivity contribution is -0.384. The third-order valence-corrected chi connectivity index (χ3v) is 3.75. The second kappa shape index (κ2) is 5.16. The minimum atomic E-state index is -0.941. The summed E-state index contributed by atoms with van der Waals surface area (Å²) in [4.78, 5) is 36.3. The molecule has 0 aliphatic carbocycles. The van der Waals surface area contributed by atoms with Gasteiger partial charge in [-0.15, -0.1) is 0 Å². The van der Waals surface area contributed by atoms with Crippen LogP contribution in [0.5, 0.6) is 0 Å². The van der Waals surface area contributed by atoms with E-state index in [0.717, 1.165) is 0 Å². The normalized spacial score (nSPS) is 17.3. The van der Waals surface area contributed by atoms with Crippen molar-refractivity contribution in [1.29, 1.82) is 0 Å². The predicted octanol–water partition coefficient (Wildman–Crippen LogP) is 1.25. The fourth-order valence-corrected chi connectivity index (χ4v) is 2.40. The SMILES string of the molecule is Cc1cc([N+](=O)[O-])ccc1C(=O)N1CCNC(=O)C1(C)C. The molecule has 112 valence electrons. The van der Waals surface area contributed by atoms with E-state index >= 15 is 0 Å². The maximum absolute atomic E-state index is 12.6. The number of non-ortho nitro benzene ring substituents is 1. The summed E-state index contributed by atoms with van der Waals surface area (Å²) in [7, 11) is 0. The zero-order valence-electron chi connectivity index (χ0n) is 12.2. The second-order valence-corrected chi connectivity index (χ2v) is 5.53. The number of carbonyl (C=O) groups excluding carboxylic acids is 2. The van der Waals surface area contributed by atoms with Gasteiger partial charge in [-0.05, 0) is 32.4 Å². The van der Waals surface area contributed by atoms with Gasteiger partial charge in [0.1, 0.15) is 5.54 Å². The number of benzene rings is 1. The maximum Gasteiger partial charge on any atom is 0.269 e. The highest BCUT2D eigenvalue weighted by molar-refractivity contribution is 6.00. The summed E-state index contributed by atoms with van der Waals surface area (Å²) in [5, 5.41) is 13.5. The molecule has 1 aliphatic heterocycles. The molecular weight excluding hydrogens is 274 g/mol. The summed E-state index contributed by atoms with van der Waals surface area (Å²) in [6, 6.07) is 4.11. The zero-order chi connectivity index (χ0) is 15.8. The summed E-state index contributed by atoms with van der Waals surface area (Å²) in [5.74, 6) is -0.496. The lowest BCUT2D eigenvalue weighted by Crippen LogP contribution is -2.63. The Morgan fingerprint density at radius 1 is 1.43 bits per heavy atom. The molecule has 1 fully saturated rings. The number of amides is 2. The van der Waals surface area contributed by atoms with E-state index in [2.05, 4.69) is 5.32 Å². The van der Waals surface area contributed by atoms with Gasteiger partial charge in [-0.25, -0.2) is 0 Å². The molecule has 1 saturated heterocycles. The number of piperazine rings is 1. The van der Waals surface area contributed by atoms with Crippen LogP contribution in [0.2, 0.25) is 0 Å².